The normalized spacial score (nSPS) is 20.4. The molecule has 4 heteroatoms. The van der Waals surface area contributed by atoms with Gasteiger partial charge < -0.3 is 4.90 Å². The van der Waals surface area contributed by atoms with Crippen molar-refractivity contribution in [3.63, 3.8) is 0 Å². The van der Waals surface area contributed by atoms with Crippen LogP contribution in [0.5, 0.6) is 0 Å². The number of carbonyl (C=O) groups excluding carboxylic acids is 1. The lowest BCUT2D eigenvalue weighted by atomic mass is 10.1. The standard InChI is InChI=1S/C14H13BrN2O/c15-11-6-3-9-17(14(11)18)12-7-1-4-10-5-2-8-16-13(10)12/h1-2,4-5,7-8,11H,3,6,9H2. The van der Waals surface area contributed by atoms with Gasteiger partial charge in [-0.15, -0.1) is 0 Å². The van der Waals surface area contributed by atoms with Crippen LogP contribution in [0.3, 0.4) is 0 Å². The van der Waals surface area contributed by atoms with Gasteiger partial charge in [0.1, 0.15) is 0 Å². The number of piperidine rings is 1. The van der Waals surface area contributed by atoms with Crippen LogP contribution in [-0.2, 0) is 4.79 Å². The Kier molecular flexibility index (Phi) is 3.04. The minimum atomic E-state index is -0.0646. The molecule has 18 heavy (non-hydrogen) atoms. The number of benzene rings is 1. The molecule has 1 aliphatic rings. The van der Waals surface area contributed by atoms with Gasteiger partial charge in [0, 0.05) is 18.1 Å². The van der Waals surface area contributed by atoms with E-state index in [0.29, 0.717) is 0 Å². The molecule has 2 aromatic rings. The summed E-state index contributed by atoms with van der Waals surface area (Å²) in [6, 6.07) is 9.90. The highest BCUT2D eigenvalue weighted by Gasteiger charge is 2.28. The number of para-hydroxylation sites is 1. The summed E-state index contributed by atoms with van der Waals surface area (Å²) in [5.74, 6) is 0.138. The minimum Gasteiger partial charge on any atom is -0.309 e. The highest BCUT2D eigenvalue weighted by atomic mass is 79.9. The van der Waals surface area contributed by atoms with Gasteiger partial charge in [0.25, 0.3) is 0 Å². The quantitative estimate of drug-likeness (QED) is 0.758. The maximum absolute atomic E-state index is 12.2. The zero-order valence-corrected chi connectivity index (χ0v) is 11.4. The molecule has 1 aromatic carbocycles. The van der Waals surface area contributed by atoms with E-state index in [1.54, 1.807) is 6.20 Å². The first-order chi connectivity index (χ1) is 8.77. The van der Waals surface area contributed by atoms with Gasteiger partial charge in [-0.3, -0.25) is 9.78 Å². The van der Waals surface area contributed by atoms with Gasteiger partial charge in [0.05, 0.1) is 16.0 Å². The molecule has 3 rings (SSSR count). The van der Waals surface area contributed by atoms with E-state index in [-0.39, 0.29) is 10.7 Å². The molecule has 1 saturated heterocycles. The number of rotatable bonds is 1. The van der Waals surface area contributed by atoms with E-state index in [0.717, 1.165) is 36.0 Å². The molecule has 0 aliphatic carbocycles. The average Bonchev–Trinajstić information content (AvgIpc) is 2.41. The third-order valence-electron chi connectivity index (χ3n) is 3.28. The molecule has 0 saturated carbocycles. The summed E-state index contributed by atoms with van der Waals surface area (Å²) < 4.78 is 0. The molecule has 0 radical (unpaired) electrons. The minimum absolute atomic E-state index is 0.0646. The van der Waals surface area contributed by atoms with Crippen molar-refractivity contribution >= 4 is 38.4 Å². The fourth-order valence-corrected chi connectivity index (χ4v) is 2.95. The number of anilines is 1. The van der Waals surface area contributed by atoms with Crippen LogP contribution in [0.4, 0.5) is 5.69 Å². The Bertz CT molecular complexity index is 594. The fourth-order valence-electron chi connectivity index (χ4n) is 2.38. The van der Waals surface area contributed by atoms with Crippen LogP contribution < -0.4 is 4.90 Å². The molecule has 1 atom stereocenters. The number of nitrogens with zero attached hydrogens (tertiary/aromatic N) is 2. The maximum atomic E-state index is 12.2. The second-order valence-corrected chi connectivity index (χ2v) is 5.56. The zero-order chi connectivity index (χ0) is 12.5. The van der Waals surface area contributed by atoms with Crippen LogP contribution in [0.25, 0.3) is 10.9 Å². The number of amides is 1. The molecule has 0 N–H and O–H groups in total. The SMILES string of the molecule is O=C1C(Br)CCCN1c1cccc2cccnc12. The van der Waals surface area contributed by atoms with Crippen LogP contribution in [0.1, 0.15) is 12.8 Å². The van der Waals surface area contributed by atoms with Gasteiger partial charge >= 0.3 is 0 Å². The Morgan fingerprint density at radius 3 is 3.00 bits per heavy atom. The third-order valence-corrected chi connectivity index (χ3v) is 4.12. The van der Waals surface area contributed by atoms with E-state index in [2.05, 4.69) is 20.9 Å². The van der Waals surface area contributed by atoms with Gasteiger partial charge in [-0.2, -0.15) is 0 Å². The molecule has 1 fully saturated rings. The van der Waals surface area contributed by atoms with Crippen LogP contribution in [0.15, 0.2) is 36.5 Å². The number of halogens is 1. The summed E-state index contributed by atoms with van der Waals surface area (Å²) in [7, 11) is 0. The molecule has 0 spiro atoms. The Balaban J connectivity index is 2.11. The predicted octanol–water partition coefficient (Wildman–Crippen LogP) is 3.13. The van der Waals surface area contributed by atoms with Crippen molar-refractivity contribution < 1.29 is 4.79 Å². The van der Waals surface area contributed by atoms with Gasteiger partial charge in [-0.25, -0.2) is 0 Å². The first kappa shape index (κ1) is 11.7. The average molecular weight is 305 g/mol. The molecular weight excluding hydrogens is 292 g/mol. The van der Waals surface area contributed by atoms with Crippen molar-refractivity contribution in [3.8, 4) is 0 Å². The van der Waals surface area contributed by atoms with Crippen molar-refractivity contribution in [2.75, 3.05) is 11.4 Å². The van der Waals surface area contributed by atoms with Crippen LogP contribution in [0, 0.1) is 0 Å². The number of hydrogen-bond donors (Lipinski definition) is 0. The highest BCUT2D eigenvalue weighted by Crippen LogP contribution is 2.29. The lowest BCUT2D eigenvalue weighted by Gasteiger charge is -2.30. The summed E-state index contributed by atoms with van der Waals surface area (Å²) in [4.78, 5) is 18.4. The molecule has 1 amide bonds. The molecule has 3 nitrogen and oxygen atoms in total. The van der Waals surface area contributed by atoms with Gasteiger partial charge in [0.15, 0.2) is 0 Å². The summed E-state index contributed by atoms with van der Waals surface area (Å²) in [6.07, 6.45) is 3.70. The van der Waals surface area contributed by atoms with Crippen molar-refractivity contribution in [1.29, 1.82) is 0 Å². The maximum Gasteiger partial charge on any atom is 0.240 e. The van der Waals surface area contributed by atoms with Gasteiger partial charge in [-0.05, 0) is 25.0 Å². The van der Waals surface area contributed by atoms with E-state index >= 15 is 0 Å². The number of pyridine rings is 1. The van der Waals surface area contributed by atoms with E-state index in [9.17, 15) is 4.79 Å². The Hall–Kier alpha value is -1.42. The smallest absolute Gasteiger partial charge is 0.240 e. The van der Waals surface area contributed by atoms with Gasteiger partial charge in [0.2, 0.25) is 5.91 Å². The van der Waals surface area contributed by atoms with Crippen LogP contribution in [0.2, 0.25) is 0 Å². The molecule has 92 valence electrons. The number of carbonyl (C=O) groups is 1. The number of fused-ring (bicyclic) bond motifs is 1. The summed E-state index contributed by atoms with van der Waals surface area (Å²) in [5.41, 5.74) is 1.82. The van der Waals surface area contributed by atoms with E-state index in [1.807, 2.05) is 35.2 Å². The fraction of sp³-hybridized carbons (Fsp3) is 0.286. The topological polar surface area (TPSA) is 33.2 Å². The number of aromatic nitrogens is 1. The Morgan fingerprint density at radius 2 is 2.11 bits per heavy atom. The summed E-state index contributed by atoms with van der Waals surface area (Å²) >= 11 is 3.44. The molecule has 1 unspecified atom stereocenters. The molecule has 1 aromatic heterocycles. The second-order valence-electron chi connectivity index (χ2n) is 4.45. The largest absolute Gasteiger partial charge is 0.309 e. The summed E-state index contributed by atoms with van der Waals surface area (Å²) in [5, 5.41) is 1.07. The predicted molar refractivity (Wildman–Crippen MR) is 76.0 cm³/mol. The number of alkyl halides is 1. The van der Waals surface area contributed by atoms with E-state index in [4.69, 9.17) is 0 Å². The van der Waals surface area contributed by atoms with E-state index in [1.165, 1.54) is 0 Å². The first-order valence-corrected chi connectivity index (χ1v) is 6.98. The lowest BCUT2D eigenvalue weighted by Crippen LogP contribution is -2.41. The van der Waals surface area contributed by atoms with Crippen molar-refractivity contribution in [1.82, 2.24) is 4.98 Å². The number of hydrogen-bond acceptors (Lipinski definition) is 2. The lowest BCUT2D eigenvalue weighted by molar-refractivity contribution is -0.118. The first-order valence-electron chi connectivity index (χ1n) is 6.06. The molecule has 2 heterocycles. The van der Waals surface area contributed by atoms with Crippen molar-refractivity contribution in [3.05, 3.63) is 36.5 Å². The van der Waals surface area contributed by atoms with Crippen LogP contribution >= 0.6 is 15.9 Å². The van der Waals surface area contributed by atoms with Crippen LogP contribution in [-0.4, -0.2) is 22.3 Å². The second kappa shape index (κ2) is 4.69. The zero-order valence-electron chi connectivity index (χ0n) is 9.84. The monoisotopic (exact) mass is 304 g/mol. The van der Waals surface area contributed by atoms with Crippen molar-refractivity contribution in [2.45, 2.75) is 17.7 Å². The Labute approximate surface area is 114 Å². The van der Waals surface area contributed by atoms with Crippen molar-refractivity contribution in [2.24, 2.45) is 0 Å². The van der Waals surface area contributed by atoms with E-state index < -0.39 is 0 Å². The molecule has 1 aliphatic heterocycles. The molecular formula is C14H13BrN2O. The highest BCUT2D eigenvalue weighted by molar-refractivity contribution is 9.10. The third kappa shape index (κ3) is 1.90. The molecule has 0 bridgehead atoms. The van der Waals surface area contributed by atoms with Gasteiger partial charge in [-0.1, -0.05) is 34.1 Å². The Morgan fingerprint density at radius 1 is 1.28 bits per heavy atom. The summed E-state index contributed by atoms with van der Waals surface area (Å²) in [6.45, 7) is 0.774.